The fourth-order valence-corrected chi connectivity index (χ4v) is 0.658. The maximum absolute atomic E-state index is 10.9. The lowest BCUT2D eigenvalue weighted by atomic mass is 10.3. The Kier molecular flexibility index (Phi) is 6.57. The molecule has 0 fully saturated rings. The third-order valence-electron chi connectivity index (χ3n) is 1.34. The molecule has 0 aliphatic heterocycles. The Bertz CT molecular complexity index is 221. The molecule has 0 rings (SSSR count). The van der Waals surface area contributed by atoms with E-state index < -0.39 is 17.7 Å². The molecule has 0 amide bonds. The van der Waals surface area contributed by atoms with Gasteiger partial charge in [0.1, 0.15) is 6.61 Å². The largest absolute Gasteiger partial charge is 0.387 e. The van der Waals surface area contributed by atoms with Gasteiger partial charge in [-0.15, -0.1) is 0 Å². The molecule has 0 radical (unpaired) electrons. The van der Waals surface area contributed by atoms with Gasteiger partial charge < -0.3 is 9.47 Å². The zero-order valence-electron chi connectivity index (χ0n) is 8.37. The summed E-state index contributed by atoms with van der Waals surface area (Å²) in [5.74, 6) is -2.79. The van der Waals surface area contributed by atoms with Gasteiger partial charge in [0, 0.05) is 13.5 Å². The van der Waals surface area contributed by atoms with Gasteiger partial charge in [0.05, 0.1) is 0 Å². The van der Waals surface area contributed by atoms with Crippen LogP contribution >= 0.6 is 0 Å². The van der Waals surface area contributed by atoms with Crippen molar-refractivity contribution in [3.8, 4) is 0 Å². The molecule has 0 aliphatic carbocycles. The van der Waals surface area contributed by atoms with Crippen LogP contribution in [0, 0.1) is 0 Å². The fourth-order valence-electron chi connectivity index (χ4n) is 0.658. The van der Waals surface area contributed by atoms with Crippen molar-refractivity contribution in [2.45, 2.75) is 26.7 Å². The summed E-state index contributed by atoms with van der Waals surface area (Å²) in [4.78, 5) is 31.9. The number of hydrogen-bond acceptors (Lipinski definition) is 5. The van der Waals surface area contributed by atoms with Gasteiger partial charge in [-0.05, 0) is 6.42 Å². The molecule has 0 aromatic carbocycles. The van der Waals surface area contributed by atoms with E-state index >= 15 is 0 Å². The molecule has 0 heterocycles. The molecule has 0 aliphatic rings. The topological polar surface area (TPSA) is 69.7 Å². The first-order valence-corrected chi connectivity index (χ1v) is 4.41. The van der Waals surface area contributed by atoms with Crippen molar-refractivity contribution in [2.24, 2.45) is 0 Å². The molecule has 14 heavy (non-hydrogen) atoms. The fraction of sp³-hybridized carbons (Fsp3) is 0.667. The molecule has 0 spiro atoms. The molecule has 5 nitrogen and oxygen atoms in total. The standard InChI is InChI=1S/C9H14O5/c1-3-4-5-13-6-8(11)9(12)14-7(2)10/h3-6H2,1-2H3. The van der Waals surface area contributed by atoms with Crippen LogP contribution in [-0.2, 0) is 23.9 Å². The second kappa shape index (κ2) is 7.20. The number of rotatable bonds is 6. The van der Waals surface area contributed by atoms with Crippen molar-refractivity contribution in [1.82, 2.24) is 0 Å². The summed E-state index contributed by atoms with van der Waals surface area (Å²) in [6.07, 6.45) is 1.78. The zero-order chi connectivity index (χ0) is 11.0. The molecule has 5 heteroatoms. The quantitative estimate of drug-likeness (QED) is 0.271. The third-order valence-corrected chi connectivity index (χ3v) is 1.34. The Labute approximate surface area is 82.4 Å². The number of carbonyl (C=O) groups is 3. The Hall–Kier alpha value is -1.23. The summed E-state index contributed by atoms with van der Waals surface area (Å²) >= 11 is 0. The number of hydrogen-bond donors (Lipinski definition) is 0. The van der Waals surface area contributed by atoms with E-state index in [9.17, 15) is 14.4 Å². The van der Waals surface area contributed by atoms with Crippen LogP contribution in [0.2, 0.25) is 0 Å². The van der Waals surface area contributed by atoms with Gasteiger partial charge in [-0.25, -0.2) is 4.79 Å². The number of esters is 2. The van der Waals surface area contributed by atoms with Gasteiger partial charge >= 0.3 is 11.9 Å². The van der Waals surface area contributed by atoms with Crippen LogP contribution in [0.5, 0.6) is 0 Å². The van der Waals surface area contributed by atoms with Crippen LogP contribution in [0.15, 0.2) is 0 Å². The van der Waals surface area contributed by atoms with Crippen molar-refractivity contribution in [3.63, 3.8) is 0 Å². The van der Waals surface area contributed by atoms with Crippen molar-refractivity contribution < 1.29 is 23.9 Å². The third kappa shape index (κ3) is 6.30. The second-order valence-electron chi connectivity index (χ2n) is 2.71. The van der Waals surface area contributed by atoms with Crippen LogP contribution in [0.3, 0.4) is 0 Å². The highest BCUT2D eigenvalue weighted by Gasteiger charge is 2.16. The number of ether oxygens (including phenoxy) is 2. The highest BCUT2D eigenvalue weighted by molar-refractivity contribution is 6.35. The van der Waals surface area contributed by atoms with Crippen LogP contribution in [0.25, 0.3) is 0 Å². The predicted octanol–water partition coefficient (Wildman–Crippen LogP) is 0.462. The maximum Gasteiger partial charge on any atom is 0.384 e. The first-order valence-electron chi connectivity index (χ1n) is 4.41. The molecule has 0 bridgehead atoms. The van der Waals surface area contributed by atoms with Gasteiger partial charge in [0.25, 0.3) is 5.78 Å². The first-order chi connectivity index (χ1) is 6.57. The number of unbranched alkanes of at least 4 members (excludes halogenated alkanes) is 1. The summed E-state index contributed by atoms with van der Waals surface area (Å²) in [6.45, 7) is 3.14. The molecule has 0 atom stereocenters. The highest BCUT2D eigenvalue weighted by Crippen LogP contribution is 1.89. The van der Waals surface area contributed by atoms with Gasteiger partial charge in [0.15, 0.2) is 0 Å². The molecule has 0 saturated heterocycles. The minimum Gasteiger partial charge on any atom is -0.387 e. The van der Waals surface area contributed by atoms with E-state index in [-0.39, 0.29) is 6.61 Å². The van der Waals surface area contributed by atoms with Gasteiger partial charge in [-0.2, -0.15) is 0 Å². The molecule has 0 N–H and O–H groups in total. The van der Waals surface area contributed by atoms with E-state index in [2.05, 4.69) is 4.74 Å². The Morgan fingerprint density at radius 3 is 2.36 bits per heavy atom. The summed E-state index contributed by atoms with van der Waals surface area (Å²) in [7, 11) is 0. The smallest absolute Gasteiger partial charge is 0.384 e. The molecule has 0 saturated carbocycles. The maximum atomic E-state index is 10.9. The Morgan fingerprint density at radius 2 is 1.86 bits per heavy atom. The normalized spacial score (nSPS) is 9.57. The lowest BCUT2D eigenvalue weighted by Gasteiger charge is -2.01. The molecule has 0 aromatic heterocycles. The highest BCUT2D eigenvalue weighted by atomic mass is 16.6. The molecule has 0 aromatic rings. The van der Waals surface area contributed by atoms with Crippen molar-refractivity contribution in [3.05, 3.63) is 0 Å². The van der Waals surface area contributed by atoms with Gasteiger partial charge in [-0.1, -0.05) is 13.3 Å². The van der Waals surface area contributed by atoms with E-state index in [1.54, 1.807) is 0 Å². The monoisotopic (exact) mass is 202 g/mol. The Balaban J connectivity index is 3.63. The molecular formula is C9H14O5. The van der Waals surface area contributed by atoms with Crippen molar-refractivity contribution in [1.29, 1.82) is 0 Å². The SMILES string of the molecule is CCCCOCC(=O)C(=O)OC(C)=O. The lowest BCUT2D eigenvalue weighted by molar-refractivity contribution is -0.164. The average Bonchev–Trinajstić information content (AvgIpc) is 2.11. The summed E-state index contributed by atoms with van der Waals surface area (Å²) in [5.41, 5.74) is 0. The number of ketones is 1. The molecule has 80 valence electrons. The Morgan fingerprint density at radius 1 is 1.21 bits per heavy atom. The lowest BCUT2D eigenvalue weighted by Crippen LogP contribution is -2.24. The van der Waals surface area contributed by atoms with E-state index in [1.807, 2.05) is 6.92 Å². The van der Waals surface area contributed by atoms with E-state index in [0.29, 0.717) is 6.61 Å². The molecular weight excluding hydrogens is 188 g/mol. The first kappa shape index (κ1) is 12.8. The van der Waals surface area contributed by atoms with Crippen molar-refractivity contribution >= 4 is 17.7 Å². The predicted molar refractivity (Wildman–Crippen MR) is 47.5 cm³/mol. The summed E-state index contributed by atoms with van der Waals surface area (Å²) in [6, 6.07) is 0. The molecule has 0 unspecified atom stereocenters. The van der Waals surface area contributed by atoms with E-state index in [1.165, 1.54) is 0 Å². The van der Waals surface area contributed by atoms with Gasteiger partial charge in [0.2, 0.25) is 0 Å². The van der Waals surface area contributed by atoms with E-state index in [4.69, 9.17) is 4.74 Å². The van der Waals surface area contributed by atoms with Crippen LogP contribution in [0.1, 0.15) is 26.7 Å². The van der Waals surface area contributed by atoms with Crippen LogP contribution < -0.4 is 0 Å². The number of carbonyl (C=O) groups excluding carboxylic acids is 3. The van der Waals surface area contributed by atoms with E-state index in [0.717, 1.165) is 19.8 Å². The second-order valence-corrected chi connectivity index (χ2v) is 2.71. The van der Waals surface area contributed by atoms with Crippen LogP contribution in [-0.4, -0.2) is 30.9 Å². The van der Waals surface area contributed by atoms with Crippen molar-refractivity contribution in [2.75, 3.05) is 13.2 Å². The summed E-state index contributed by atoms with van der Waals surface area (Å²) in [5, 5.41) is 0. The van der Waals surface area contributed by atoms with Crippen LogP contribution in [0.4, 0.5) is 0 Å². The summed E-state index contributed by atoms with van der Waals surface area (Å²) < 4.78 is 8.94. The minimum absolute atomic E-state index is 0.327. The zero-order valence-corrected chi connectivity index (χ0v) is 8.37. The minimum atomic E-state index is -1.16. The van der Waals surface area contributed by atoms with Gasteiger partial charge in [-0.3, -0.25) is 9.59 Å². The number of Topliss-reactive ketones (excluding diaryl/α,β-unsaturated/α-hetero) is 1. The average molecular weight is 202 g/mol.